The highest BCUT2D eigenvalue weighted by atomic mass is 35.7. The van der Waals surface area contributed by atoms with Crippen LogP contribution in [0.4, 0.5) is 0 Å². The van der Waals surface area contributed by atoms with E-state index in [9.17, 15) is 0 Å². The fraction of sp³-hybridized carbons (Fsp3) is 0.370. The quantitative estimate of drug-likeness (QED) is 0.243. The van der Waals surface area contributed by atoms with Crippen molar-refractivity contribution in [3.63, 3.8) is 0 Å². The van der Waals surface area contributed by atoms with Gasteiger partial charge in [0.1, 0.15) is 24.6 Å². The molecule has 0 spiro atoms. The van der Waals surface area contributed by atoms with E-state index in [1.807, 2.05) is 24.3 Å². The monoisotopic (exact) mass is 520 g/mol. The maximum atomic E-state index is 8.49. The van der Waals surface area contributed by atoms with Crippen molar-refractivity contribution in [3.05, 3.63) is 77.9 Å². The summed E-state index contributed by atoms with van der Waals surface area (Å²) in [5, 5.41) is 0. The molecule has 0 N–H and O–H groups in total. The third-order valence-electron chi connectivity index (χ3n) is 5.49. The van der Waals surface area contributed by atoms with Gasteiger partial charge in [-0.25, -0.2) is 23.2 Å². The molecule has 0 atom stereocenters. The lowest BCUT2D eigenvalue weighted by molar-refractivity contribution is -2.00. The first-order valence-electron chi connectivity index (χ1n) is 11.8. The highest BCUT2D eigenvalue weighted by Crippen LogP contribution is 2.22. The molecule has 0 aliphatic rings. The zero-order chi connectivity index (χ0) is 27.1. The van der Waals surface area contributed by atoms with E-state index in [0.29, 0.717) is 0 Å². The van der Waals surface area contributed by atoms with Gasteiger partial charge in [-0.1, -0.05) is 6.08 Å². The van der Waals surface area contributed by atoms with Gasteiger partial charge in [0.2, 0.25) is 5.71 Å². The topological polar surface area (TPSA) is 117 Å². The third kappa shape index (κ3) is 10.8. The summed E-state index contributed by atoms with van der Waals surface area (Å²) in [6.07, 6.45) is 6.58. The molecule has 0 amide bonds. The summed E-state index contributed by atoms with van der Waals surface area (Å²) in [6.45, 7) is 12.6. The largest absolute Gasteiger partial charge is 0.497 e. The first kappa shape index (κ1) is 31.2. The Bertz CT molecular complexity index is 980. The highest BCUT2D eigenvalue weighted by Gasteiger charge is 2.12. The van der Waals surface area contributed by atoms with Crippen LogP contribution in [-0.2, 0) is 0 Å². The number of benzene rings is 2. The van der Waals surface area contributed by atoms with Crippen LogP contribution in [0.25, 0.3) is 5.70 Å². The minimum absolute atomic E-state index is 0.870. The van der Waals surface area contributed by atoms with Crippen LogP contribution in [0.1, 0.15) is 38.8 Å². The summed E-state index contributed by atoms with van der Waals surface area (Å²) in [5.74, 6) is 1.74. The molecule has 0 heterocycles. The van der Waals surface area contributed by atoms with Gasteiger partial charge in [0, 0.05) is 30.4 Å². The van der Waals surface area contributed by atoms with Crippen LogP contribution in [0.5, 0.6) is 11.5 Å². The zero-order valence-electron chi connectivity index (χ0n) is 21.9. The second kappa shape index (κ2) is 16.0. The molecule has 0 fully saturated rings. The molecule has 0 saturated carbocycles. The van der Waals surface area contributed by atoms with E-state index in [0.717, 1.165) is 37.7 Å². The second-order valence-corrected chi connectivity index (χ2v) is 8.23. The predicted molar refractivity (Wildman–Crippen MR) is 131 cm³/mol. The Hall–Kier alpha value is -2.88. The van der Waals surface area contributed by atoms with Gasteiger partial charge >= 0.3 is 0 Å². The Morgan fingerprint density at radius 2 is 1.19 bits per heavy atom. The molecule has 0 aliphatic carbocycles. The SMILES string of the molecule is CCN(CC)/C(=C\C=C\C(c1ccc(OC)cc1)=[N+](CC)CC)c1ccc(OC)cc1.[O-][Cl+3]([O-])([O-])[O-]. The predicted octanol–water partition coefficient (Wildman–Crippen LogP) is 0.728. The maximum Gasteiger partial charge on any atom is 0.207 e. The Balaban J connectivity index is 0.00000118. The average Bonchev–Trinajstić information content (AvgIpc) is 2.87. The molecule has 9 heteroatoms. The van der Waals surface area contributed by atoms with Crippen molar-refractivity contribution in [1.82, 2.24) is 4.90 Å². The van der Waals surface area contributed by atoms with Gasteiger partial charge in [-0.15, -0.1) is 10.2 Å². The lowest BCUT2D eigenvalue weighted by atomic mass is 10.1. The molecule has 0 aromatic heterocycles. The van der Waals surface area contributed by atoms with Crippen molar-refractivity contribution in [3.8, 4) is 11.5 Å². The molecule has 0 bridgehead atoms. The Labute approximate surface area is 216 Å². The summed E-state index contributed by atoms with van der Waals surface area (Å²) < 4.78 is 47.0. The molecule has 2 aromatic rings. The number of nitrogens with zero attached hydrogens (tertiary/aromatic N) is 2. The van der Waals surface area contributed by atoms with E-state index in [-0.39, 0.29) is 0 Å². The summed E-state index contributed by atoms with van der Waals surface area (Å²) in [6, 6.07) is 16.5. The number of halogens is 1. The lowest BCUT2D eigenvalue weighted by Crippen LogP contribution is -2.68. The van der Waals surface area contributed by atoms with Crippen LogP contribution in [0.15, 0.2) is 66.8 Å². The van der Waals surface area contributed by atoms with Crippen molar-refractivity contribution in [1.29, 1.82) is 0 Å². The number of rotatable bonds is 11. The van der Waals surface area contributed by atoms with Gasteiger partial charge in [0.05, 0.1) is 14.2 Å². The van der Waals surface area contributed by atoms with Crippen molar-refractivity contribution < 1.29 is 42.9 Å². The summed E-state index contributed by atoms with van der Waals surface area (Å²) in [4.78, 5) is 2.37. The number of hydrogen-bond acceptors (Lipinski definition) is 7. The molecule has 2 rings (SSSR count). The summed E-state index contributed by atoms with van der Waals surface area (Å²) in [5.41, 5.74) is 4.78. The Kier molecular flexibility index (Phi) is 13.8. The first-order valence-corrected chi connectivity index (χ1v) is 13.0. The molecule has 0 radical (unpaired) electrons. The van der Waals surface area contributed by atoms with E-state index in [1.165, 1.54) is 22.5 Å². The number of ether oxygens (including phenoxy) is 2. The van der Waals surface area contributed by atoms with E-state index in [2.05, 4.69) is 79.7 Å². The highest BCUT2D eigenvalue weighted by molar-refractivity contribution is 6.05. The molecule has 0 saturated heterocycles. The van der Waals surface area contributed by atoms with E-state index < -0.39 is 10.2 Å². The number of methoxy groups -OCH3 is 2. The van der Waals surface area contributed by atoms with E-state index >= 15 is 0 Å². The van der Waals surface area contributed by atoms with Crippen LogP contribution < -0.4 is 28.1 Å². The summed E-state index contributed by atoms with van der Waals surface area (Å²) >= 11 is 0. The second-order valence-electron chi connectivity index (χ2n) is 7.48. The molecule has 0 aliphatic heterocycles. The molecule has 36 heavy (non-hydrogen) atoms. The van der Waals surface area contributed by atoms with Gasteiger partial charge in [-0.05, 0) is 87.9 Å². The molecular weight excluding hydrogens is 484 g/mol. The van der Waals surface area contributed by atoms with Gasteiger partial charge in [0.15, 0.2) is 0 Å². The van der Waals surface area contributed by atoms with Gasteiger partial charge in [0.25, 0.3) is 0 Å². The fourth-order valence-electron chi connectivity index (χ4n) is 3.65. The fourth-order valence-corrected chi connectivity index (χ4v) is 3.65. The molecule has 2 aromatic carbocycles. The van der Waals surface area contributed by atoms with Crippen LogP contribution in [0.3, 0.4) is 0 Å². The normalized spacial score (nSPS) is 11.6. The van der Waals surface area contributed by atoms with Crippen molar-refractivity contribution in [2.24, 2.45) is 0 Å². The standard InChI is InChI=1S/C27H37N2O2.ClHO4/c1-7-28(8-2)26(22-14-18-24(30-5)19-15-22)12-11-13-27(29(9-3)10-4)23-16-20-25(31-6)21-17-23;2-1(3,4)5/h11-21H,7-10H2,1-6H3;(H,2,3,4,5)/q+1;/p-1. The minimum Gasteiger partial charge on any atom is -0.497 e. The Morgan fingerprint density at radius 3 is 1.56 bits per heavy atom. The molecule has 8 nitrogen and oxygen atoms in total. The smallest absolute Gasteiger partial charge is 0.207 e. The minimum atomic E-state index is -4.94. The average molecular weight is 521 g/mol. The first-order chi connectivity index (χ1) is 17.1. The van der Waals surface area contributed by atoms with Crippen LogP contribution >= 0.6 is 0 Å². The van der Waals surface area contributed by atoms with Crippen LogP contribution in [-0.4, -0.2) is 55.6 Å². The molecule has 0 unspecified atom stereocenters. The van der Waals surface area contributed by atoms with Crippen molar-refractivity contribution >= 4 is 11.4 Å². The van der Waals surface area contributed by atoms with Gasteiger partial charge in [-0.2, -0.15) is 0 Å². The van der Waals surface area contributed by atoms with Crippen LogP contribution in [0, 0.1) is 10.2 Å². The molecule has 198 valence electrons. The maximum absolute atomic E-state index is 8.49. The van der Waals surface area contributed by atoms with Gasteiger partial charge < -0.3 is 14.4 Å². The zero-order valence-corrected chi connectivity index (χ0v) is 22.7. The van der Waals surface area contributed by atoms with Crippen molar-refractivity contribution in [2.75, 3.05) is 40.4 Å². The molecular formula is C27H37ClN2O6. The van der Waals surface area contributed by atoms with Crippen LogP contribution in [0.2, 0.25) is 0 Å². The number of allylic oxidation sites excluding steroid dienone is 3. The van der Waals surface area contributed by atoms with Gasteiger partial charge in [-0.3, -0.25) is 0 Å². The third-order valence-corrected chi connectivity index (χ3v) is 5.49. The Morgan fingerprint density at radius 1 is 0.778 bits per heavy atom. The summed E-state index contributed by atoms with van der Waals surface area (Å²) in [7, 11) is -1.55. The van der Waals surface area contributed by atoms with Crippen molar-refractivity contribution in [2.45, 2.75) is 27.7 Å². The number of hydrogen-bond donors (Lipinski definition) is 0. The van der Waals surface area contributed by atoms with E-state index in [1.54, 1.807) is 14.2 Å². The lowest BCUT2D eigenvalue weighted by Gasteiger charge is -2.24. The van der Waals surface area contributed by atoms with E-state index in [4.69, 9.17) is 28.1 Å².